The molecule has 0 saturated carbocycles. The van der Waals surface area contributed by atoms with Crippen molar-refractivity contribution in [1.29, 1.82) is 0 Å². The van der Waals surface area contributed by atoms with Gasteiger partial charge >= 0.3 is 0 Å². The molecule has 2 N–H and O–H groups in total. The lowest BCUT2D eigenvalue weighted by Crippen LogP contribution is -2.34. The maximum Gasteiger partial charge on any atom is 0.250 e. The van der Waals surface area contributed by atoms with E-state index in [9.17, 15) is 9.59 Å². The zero-order valence-corrected chi connectivity index (χ0v) is 24.0. The number of ketones is 1. The second-order valence-corrected chi connectivity index (χ2v) is 10.9. The van der Waals surface area contributed by atoms with E-state index >= 15 is 0 Å². The number of amides is 1. The van der Waals surface area contributed by atoms with Crippen LogP contribution in [-0.4, -0.2) is 40.5 Å². The minimum atomic E-state index is -0.101. The highest BCUT2D eigenvalue weighted by molar-refractivity contribution is 6.06. The van der Waals surface area contributed by atoms with Crippen LogP contribution in [0.15, 0.2) is 77.4 Å². The minimum Gasteiger partial charge on any atom is -0.387 e. The summed E-state index contributed by atoms with van der Waals surface area (Å²) in [6, 6.07) is 18.0. The van der Waals surface area contributed by atoms with E-state index in [-0.39, 0.29) is 17.6 Å². The number of Topliss-reactive ketones (excluding diaryl/α,β-unsaturated/α-hetero) is 1. The van der Waals surface area contributed by atoms with E-state index in [1.807, 2.05) is 71.8 Å². The van der Waals surface area contributed by atoms with Gasteiger partial charge in [0.1, 0.15) is 5.84 Å². The van der Waals surface area contributed by atoms with E-state index in [2.05, 4.69) is 36.0 Å². The van der Waals surface area contributed by atoms with Crippen LogP contribution in [0.2, 0.25) is 0 Å². The Morgan fingerprint density at radius 1 is 1.00 bits per heavy atom. The normalized spacial score (nSPS) is 15.9. The number of nitrogens with zero attached hydrogens (tertiary/aromatic N) is 3. The molecule has 6 nitrogen and oxygen atoms in total. The van der Waals surface area contributed by atoms with Gasteiger partial charge in [-0.25, -0.2) is 4.99 Å². The van der Waals surface area contributed by atoms with Crippen molar-refractivity contribution in [3.63, 3.8) is 0 Å². The van der Waals surface area contributed by atoms with Gasteiger partial charge in [-0.3, -0.25) is 14.6 Å². The van der Waals surface area contributed by atoms with Gasteiger partial charge in [0.25, 0.3) is 0 Å². The van der Waals surface area contributed by atoms with Gasteiger partial charge in [-0.15, -0.1) is 0 Å². The van der Waals surface area contributed by atoms with E-state index in [4.69, 9.17) is 5.73 Å². The van der Waals surface area contributed by atoms with Crippen molar-refractivity contribution in [3.8, 4) is 11.1 Å². The number of pyridine rings is 1. The van der Waals surface area contributed by atoms with Gasteiger partial charge in [0.05, 0.1) is 5.69 Å². The molecule has 1 atom stereocenters. The second kappa shape index (κ2) is 12.9. The molecule has 210 valence electrons. The van der Waals surface area contributed by atoms with Gasteiger partial charge in [-0.05, 0) is 79.1 Å². The molecule has 41 heavy (non-hydrogen) atoms. The fraction of sp³-hybridized carbons (Fsp3) is 0.314. The Balaban J connectivity index is 1.33. The molecule has 1 unspecified atom stereocenters. The quantitative estimate of drug-likeness (QED) is 0.296. The van der Waals surface area contributed by atoms with Crippen LogP contribution in [0.3, 0.4) is 0 Å². The summed E-state index contributed by atoms with van der Waals surface area (Å²) in [5, 5.41) is 0. The third-order valence-electron chi connectivity index (χ3n) is 7.71. The lowest BCUT2D eigenvalue weighted by atomic mass is 9.84. The van der Waals surface area contributed by atoms with E-state index in [0.29, 0.717) is 17.8 Å². The highest BCUT2D eigenvalue weighted by atomic mass is 16.2. The number of hydrogen-bond acceptors (Lipinski definition) is 5. The van der Waals surface area contributed by atoms with Crippen LogP contribution >= 0.6 is 0 Å². The standard InChI is InChI=1S/C35H38N4O2/c1-3-18-39(19-4-2)35(41)29-21-28-14-12-26(22-32(28)38-33(36)23-29)25-15-16-31-27(20-25)13-11-24(34(31)40)8-7-10-30-9-5-6-17-37-30/h5-6,9,11-17,20-22,24H,3-4,7-8,10,18-19,23H2,1-2H3,(H2,36,38). The third-order valence-corrected chi connectivity index (χ3v) is 7.71. The first-order valence-corrected chi connectivity index (χ1v) is 14.7. The number of carbonyl (C=O) groups excluding carboxylic acids is 2. The SMILES string of the molecule is CCCN(CCC)C(=O)C1=Cc2ccc(-c3ccc4c(c3)C=CC(CCCc3ccccn3)C4=O)cc2N=C(N)C1. The predicted molar refractivity (Wildman–Crippen MR) is 167 cm³/mol. The Hall–Kier alpha value is -4.32. The highest BCUT2D eigenvalue weighted by Crippen LogP contribution is 2.34. The number of fused-ring (bicyclic) bond motifs is 2. The number of amidine groups is 1. The summed E-state index contributed by atoms with van der Waals surface area (Å²) in [5.74, 6) is 0.541. The molecule has 1 aliphatic heterocycles. The fourth-order valence-corrected chi connectivity index (χ4v) is 5.65. The van der Waals surface area contributed by atoms with Crippen LogP contribution < -0.4 is 5.73 Å². The number of rotatable bonds is 10. The Morgan fingerprint density at radius 3 is 2.54 bits per heavy atom. The Morgan fingerprint density at radius 2 is 1.78 bits per heavy atom. The van der Waals surface area contributed by atoms with Crippen molar-refractivity contribution in [2.75, 3.05) is 13.1 Å². The lowest BCUT2D eigenvalue weighted by Gasteiger charge is -2.22. The van der Waals surface area contributed by atoms with Gasteiger partial charge in [-0.2, -0.15) is 0 Å². The highest BCUT2D eigenvalue weighted by Gasteiger charge is 2.24. The molecule has 6 heteroatoms. The van der Waals surface area contributed by atoms with E-state index in [1.54, 1.807) is 0 Å². The van der Waals surface area contributed by atoms with Crippen molar-refractivity contribution >= 4 is 35.4 Å². The number of aliphatic imine (C=N–C) groups is 1. The van der Waals surface area contributed by atoms with Crippen LogP contribution in [0.4, 0.5) is 5.69 Å². The number of aromatic nitrogens is 1. The Kier molecular flexibility index (Phi) is 8.88. The molecule has 1 aliphatic carbocycles. The first-order chi connectivity index (χ1) is 20.0. The van der Waals surface area contributed by atoms with Gasteiger partial charge in [0.15, 0.2) is 5.78 Å². The van der Waals surface area contributed by atoms with Gasteiger partial charge in [0, 0.05) is 54.0 Å². The van der Waals surface area contributed by atoms with Crippen molar-refractivity contribution < 1.29 is 9.59 Å². The molecule has 1 amide bonds. The maximum absolute atomic E-state index is 13.3. The smallest absolute Gasteiger partial charge is 0.250 e. The Bertz CT molecular complexity index is 1510. The number of hydrogen-bond donors (Lipinski definition) is 1. The maximum atomic E-state index is 13.3. The molecule has 5 rings (SSSR count). The average Bonchev–Trinajstić information content (AvgIpc) is 3.15. The molecular formula is C35H38N4O2. The van der Waals surface area contributed by atoms with Gasteiger partial charge < -0.3 is 10.6 Å². The van der Waals surface area contributed by atoms with E-state index in [1.165, 1.54) is 0 Å². The molecule has 1 aromatic heterocycles. The largest absolute Gasteiger partial charge is 0.387 e. The van der Waals surface area contributed by atoms with Crippen molar-refractivity contribution in [2.24, 2.45) is 16.6 Å². The number of nitrogens with two attached hydrogens (primary N) is 1. The minimum absolute atomic E-state index is 0.0324. The molecule has 0 radical (unpaired) electrons. The summed E-state index contributed by atoms with van der Waals surface area (Å²) in [6.45, 7) is 5.63. The number of aryl methyl sites for hydroxylation is 1. The molecule has 0 saturated heterocycles. The third kappa shape index (κ3) is 6.54. The molecule has 0 fully saturated rings. The number of allylic oxidation sites excluding steroid dienone is 1. The topological polar surface area (TPSA) is 88.7 Å². The number of carbonyl (C=O) groups is 2. The monoisotopic (exact) mass is 546 g/mol. The summed E-state index contributed by atoms with van der Waals surface area (Å²) >= 11 is 0. The Labute approximate surface area is 242 Å². The van der Waals surface area contributed by atoms with Crippen molar-refractivity contribution in [1.82, 2.24) is 9.88 Å². The predicted octanol–water partition coefficient (Wildman–Crippen LogP) is 7.02. The average molecular weight is 547 g/mol. The van der Waals surface area contributed by atoms with Crippen molar-refractivity contribution in [3.05, 3.63) is 94.8 Å². The van der Waals surface area contributed by atoms with Gasteiger partial charge in [-0.1, -0.05) is 56.3 Å². The molecule has 3 aromatic rings. The summed E-state index contributed by atoms with van der Waals surface area (Å²) in [4.78, 5) is 37.5. The summed E-state index contributed by atoms with van der Waals surface area (Å²) < 4.78 is 0. The first kappa shape index (κ1) is 28.2. The van der Waals surface area contributed by atoms with Crippen LogP contribution in [0.25, 0.3) is 23.3 Å². The van der Waals surface area contributed by atoms with Crippen LogP contribution in [0, 0.1) is 5.92 Å². The molecule has 0 bridgehead atoms. The van der Waals surface area contributed by atoms with E-state index in [0.717, 1.165) is 84.4 Å². The fourth-order valence-electron chi connectivity index (χ4n) is 5.65. The molecule has 2 aliphatic rings. The summed E-state index contributed by atoms with van der Waals surface area (Å²) in [6.07, 6.45) is 12.6. The van der Waals surface area contributed by atoms with Crippen LogP contribution in [0.1, 0.15) is 73.1 Å². The summed E-state index contributed by atoms with van der Waals surface area (Å²) in [7, 11) is 0. The lowest BCUT2D eigenvalue weighted by molar-refractivity contribution is -0.127. The van der Waals surface area contributed by atoms with Crippen LogP contribution in [-0.2, 0) is 11.2 Å². The second-order valence-electron chi connectivity index (χ2n) is 10.9. The number of benzene rings is 2. The molecular weight excluding hydrogens is 508 g/mol. The van der Waals surface area contributed by atoms with Gasteiger partial charge in [0.2, 0.25) is 5.91 Å². The van der Waals surface area contributed by atoms with E-state index < -0.39 is 0 Å². The summed E-state index contributed by atoms with van der Waals surface area (Å²) in [5.41, 5.74) is 13.4. The molecule has 0 spiro atoms. The molecule has 2 aromatic carbocycles. The molecule has 2 heterocycles. The first-order valence-electron chi connectivity index (χ1n) is 14.7. The zero-order valence-electron chi connectivity index (χ0n) is 24.0. The van der Waals surface area contributed by atoms with Crippen LogP contribution in [0.5, 0.6) is 0 Å². The zero-order chi connectivity index (χ0) is 28.8. The van der Waals surface area contributed by atoms with Crippen molar-refractivity contribution in [2.45, 2.75) is 52.4 Å².